The molecular formula is C10H13ClN2O3. The molecule has 5 nitrogen and oxygen atoms in total. The Kier molecular flexibility index (Phi) is 4.52. The second-order valence-corrected chi connectivity index (χ2v) is 3.76. The number of anilines is 1. The number of nitro benzene ring substituents is 1. The lowest BCUT2D eigenvalue weighted by atomic mass is 10.2. The van der Waals surface area contributed by atoms with Gasteiger partial charge in [0.15, 0.2) is 0 Å². The summed E-state index contributed by atoms with van der Waals surface area (Å²) in [5.41, 5.74) is 0.542. The van der Waals surface area contributed by atoms with E-state index in [1.165, 1.54) is 12.1 Å². The summed E-state index contributed by atoms with van der Waals surface area (Å²) in [5.74, 6) is 0. The fourth-order valence-electron chi connectivity index (χ4n) is 1.23. The molecule has 1 unspecified atom stereocenters. The van der Waals surface area contributed by atoms with Gasteiger partial charge < -0.3 is 10.4 Å². The fourth-order valence-corrected chi connectivity index (χ4v) is 1.46. The number of rotatable bonds is 5. The van der Waals surface area contributed by atoms with Crippen molar-refractivity contribution in [2.75, 3.05) is 11.9 Å². The molecule has 2 N–H and O–H groups in total. The second kappa shape index (κ2) is 5.67. The molecule has 0 bridgehead atoms. The third kappa shape index (κ3) is 3.08. The average molecular weight is 245 g/mol. The van der Waals surface area contributed by atoms with Gasteiger partial charge in [-0.15, -0.1) is 0 Å². The van der Waals surface area contributed by atoms with Crippen molar-refractivity contribution in [2.45, 2.75) is 19.4 Å². The number of halogens is 1. The summed E-state index contributed by atoms with van der Waals surface area (Å²) in [5, 5.41) is 22.8. The third-order valence-corrected chi connectivity index (χ3v) is 2.55. The number of hydrogen-bond donors (Lipinski definition) is 2. The number of nitro groups is 1. The van der Waals surface area contributed by atoms with E-state index in [4.69, 9.17) is 16.7 Å². The molecule has 0 aliphatic rings. The molecule has 1 rings (SSSR count). The highest BCUT2D eigenvalue weighted by molar-refractivity contribution is 6.33. The highest BCUT2D eigenvalue weighted by atomic mass is 35.5. The van der Waals surface area contributed by atoms with Gasteiger partial charge in [-0.1, -0.05) is 18.5 Å². The minimum Gasteiger partial charge on any atom is -0.394 e. The Balaban J connectivity index is 2.86. The van der Waals surface area contributed by atoms with E-state index in [1.807, 2.05) is 6.92 Å². The Hall–Kier alpha value is -1.33. The third-order valence-electron chi connectivity index (χ3n) is 2.24. The number of nitrogens with zero attached hydrogens (tertiary/aromatic N) is 1. The molecule has 16 heavy (non-hydrogen) atoms. The molecular weight excluding hydrogens is 232 g/mol. The van der Waals surface area contributed by atoms with E-state index in [2.05, 4.69) is 5.32 Å². The van der Waals surface area contributed by atoms with Crippen LogP contribution < -0.4 is 5.32 Å². The van der Waals surface area contributed by atoms with Crippen LogP contribution in [0.3, 0.4) is 0 Å². The molecule has 1 aromatic rings. The summed E-state index contributed by atoms with van der Waals surface area (Å²) in [6.45, 7) is 1.91. The monoisotopic (exact) mass is 244 g/mol. The van der Waals surface area contributed by atoms with Gasteiger partial charge in [-0.05, 0) is 12.5 Å². The molecule has 0 saturated heterocycles. The van der Waals surface area contributed by atoms with Crippen LogP contribution in [0.15, 0.2) is 18.2 Å². The largest absolute Gasteiger partial charge is 0.394 e. The molecule has 0 spiro atoms. The van der Waals surface area contributed by atoms with Gasteiger partial charge in [0, 0.05) is 18.2 Å². The predicted molar refractivity (Wildman–Crippen MR) is 62.9 cm³/mol. The summed E-state index contributed by atoms with van der Waals surface area (Å²) in [4.78, 5) is 9.98. The SMILES string of the molecule is CCC(CO)Nc1ccc([N+](=O)[O-])cc1Cl. The summed E-state index contributed by atoms with van der Waals surface area (Å²) in [6, 6.07) is 4.10. The van der Waals surface area contributed by atoms with E-state index >= 15 is 0 Å². The summed E-state index contributed by atoms with van der Waals surface area (Å²) in [7, 11) is 0. The van der Waals surface area contributed by atoms with Crippen molar-refractivity contribution in [3.63, 3.8) is 0 Å². The zero-order valence-electron chi connectivity index (χ0n) is 8.81. The first-order chi connectivity index (χ1) is 7.58. The number of aliphatic hydroxyl groups is 1. The van der Waals surface area contributed by atoms with E-state index in [1.54, 1.807) is 6.07 Å². The zero-order chi connectivity index (χ0) is 12.1. The quantitative estimate of drug-likeness (QED) is 0.616. The Labute approximate surface area is 98.2 Å². The van der Waals surface area contributed by atoms with E-state index in [-0.39, 0.29) is 23.4 Å². The van der Waals surface area contributed by atoms with Crippen molar-refractivity contribution in [1.29, 1.82) is 0 Å². The van der Waals surface area contributed by atoms with Gasteiger partial charge in [0.25, 0.3) is 5.69 Å². The lowest BCUT2D eigenvalue weighted by Gasteiger charge is -2.16. The normalized spacial score (nSPS) is 12.2. The van der Waals surface area contributed by atoms with Crippen LogP contribution in [0.1, 0.15) is 13.3 Å². The highest BCUT2D eigenvalue weighted by Gasteiger charge is 2.11. The van der Waals surface area contributed by atoms with Crippen LogP contribution in [-0.4, -0.2) is 22.7 Å². The van der Waals surface area contributed by atoms with Crippen molar-refractivity contribution in [2.24, 2.45) is 0 Å². The van der Waals surface area contributed by atoms with Crippen LogP contribution >= 0.6 is 11.6 Å². The standard InChI is InChI=1S/C10H13ClN2O3/c1-2-7(6-14)12-10-4-3-8(13(15)16)5-9(10)11/h3-5,7,12,14H,2,6H2,1H3. The van der Waals surface area contributed by atoms with Gasteiger partial charge >= 0.3 is 0 Å². The van der Waals surface area contributed by atoms with Crippen molar-refractivity contribution >= 4 is 23.0 Å². The van der Waals surface area contributed by atoms with Crippen LogP contribution in [-0.2, 0) is 0 Å². The lowest BCUT2D eigenvalue weighted by molar-refractivity contribution is -0.384. The maximum atomic E-state index is 10.5. The van der Waals surface area contributed by atoms with E-state index < -0.39 is 4.92 Å². The molecule has 0 heterocycles. The first kappa shape index (κ1) is 12.7. The number of non-ortho nitro benzene ring substituents is 1. The Bertz CT molecular complexity index is 380. The summed E-state index contributed by atoms with van der Waals surface area (Å²) in [6.07, 6.45) is 0.740. The smallest absolute Gasteiger partial charge is 0.271 e. The summed E-state index contributed by atoms with van der Waals surface area (Å²) < 4.78 is 0. The zero-order valence-corrected chi connectivity index (χ0v) is 9.57. The van der Waals surface area contributed by atoms with Crippen LogP contribution in [0.25, 0.3) is 0 Å². The van der Waals surface area contributed by atoms with E-state index in [0.29, 0.717) is 5.69 Å². The molecule has 88 valence electrons. The molecule has 0 aromatic heterocycles. The predicted octanol–water partition coefficient (Wildman–Crippen LogP) is 2.43. The molecule has 1 atom stereocenters. The lowest BCUT2D eigenvalue weighted by Crippen LogP contribution is -2.22. The Morgan fingerprint density at radius 3 is 2.75 bits per heavy atom. The average Bonchev–Trinajstić information content (AvgIpc) is 2.27. The van der Waals surface area contributed by atoms with Crippen molar-refractivity contribution < 1.29 is 10.0 Å². The number of hydrogen-bond acceptors (Lipinski definition) is 4. The van der Waals surface area contributed by atoms with Gasteiger partial charge in [-0.25, -0.2) is 0 Å². The number of aliphatic hydroxyl groups excluding tert-OH is 1. The van der Waals surface area contributed by atoms with Gasteiger partial charge in [0.1, 0.15) is 0 Å². The van der Waals surface area contributed by atoms with Crippen molar-refractivity contribution in [3.05, 3.63) is 33.3 Å². The number of nitrogens with one attached hydrogen (secondary N) is 1. The molecule has 6 heteroatoms. The van der Waals surface area contributed by atoms with Crippen molar-refractivity contribution in [1.82, 2.24) is 0 Å². The maximum absolute atomic E-state index is 10.5. The van der Waals surface area contributed by atoms with Crippen LogP contribution in [0.2, 0.25) is 5.02 Å². The van der Waals surface area contributed by atoms with Gasteiger partial charge in [-0.3, -0.25) is 10.1 Å². The molecule has 0 saturated carbocycles. The number of benzene rings is 1. The van der Waals surface area contributed by atoms with Gasteiger partial charge in [-0.2, -0.15) is 0 Å². The molecule has 0 amide bonds. The molecule has 0 aliphatic heterocycles. The van der Waals surface area contributed by atoms with Crippen LogP contribution in [0.5, 0.6) is 0 Å². The highest BCUT2D eigenvalue weighted by Crippen LogP contribution is 2.27. The summed E-state index contributed by atoms with van der Waals surface area (Å²) >= 11 is 5.88. The van der Waals surface area contributed by atoms with Gasteiger partial charge in [0.05, 0.1) is 22.2 Å². The van der Waals surface area contributed by atoms with Crippen molar-refractivity contribution in [3.8, 4) is 0 Å². The molecule has 0 radical (unpaired) electrons. The molecule has 1 aromatic carbocycles. The molecule has 0 aliphatic carbocycles. The first-order valence-corrected chi connectivity index (χ1v) is 5.27. The van der Waals surface area contributed by atoms with E-state index in [0.717, 1.165) is 6.42 Å². The molecule has 0 fully saturated rings. The Morgan fingerprint density at radius 2 is 2.31 bits per heavy atom. The van der Waals surface area contributed by atoms with Crippen LogP contribution in [0, 0.1) is 10.1 Å². The first-order valence-electron chi connectivity index (χ1n) is 4.89. The topological polar surface area (TPSA) is 75.4 Å². The maximum Gasteiger partial charge on any atom is 0.271 e. The second-order valence-electron chi connectivity index (χ2n) is 3.35. The Morgan fingerprint density at radius 1 is 1.62 bits per heavy atom. The van der Waals surface area contributed by atoms with Gasteiger partial charge in [0.2, 0.25) is 0 Å². The minimum atomic E-state index is -0.501. The fraction of sp³-hybridized carbons (Fsp3) is 0.400. The minimum absolute atomic E-state index is 0.0101. The van der Waals surface area contributed by atoms with E-state index in [9.17, 15) is 10.1 Å². The van der Waals surface area contributed by atoms with Crippen LogP contribution in [0.4, 0.5) is 11.4 Å².